The molecule has 0 aliphatic carbocycles. The van der Waals surface area contributed by atoms with Crippen LogP contribution in [0.4, 0.5) is 0 Å². The largest absolute Gasteiger partial charge is 0.357 e. The lowest BCUT2D eigenvalue weighted by Crippen LogP contribution is -2.50. The Hall–Kier alpha value is -1.30. The van der Waals surface area contributed by atoms with Gasteiger partial charge in [0, 0.05) is 43.7 Å². The molecular weight excluding hydrogens is 326 g/mol. The smallest absolute Gasteiger partial charge is 0.225 e. The van der Waals surface area contributed by atoms with Crippen molar-refractivity contribution in [3.05, 3.63) is 0 Å². The van der Waals surface area contributed by atoms with Gasteiger partial charge in [0.2, 0.25) is 5.91 Å². The number of hydrogen-bond donors (Lipinski definition) is 3. The molecule has 1 rings (SSSR count). The molecule has 1 fully saturated rings. The molecule has 0 atom stereocenters. The molecule has 0 aromatic rings. The monoisotopic (exact) mass is 367 g/mol. The Kier molecular flexibility index (Phi) is 9.99. The average Bonchev–Trinajstić information content (AvgIpc) is 2.59. The van der Waals surface area contributed by atoms with E-state index in [1.807, 2.05) is 4.90 Å². The molecule has 0 aromatic carbocycles. The van der Waals surface area contributed by atoms with E-state index in [1.165, 1.54) is 0 Å². The first-order valence-corrected chi connectivity index (χ1v) is 10.4. The van der Waals surface area contributed by atoms with E-state index in [4.69, 9.17) is 0 Å². The van der Waals surface area contributed by atoms with E-state index < -0.39 is 0 Å². The number of hydrogen-bond acceptors (Lipinski definition) is 3. The van der Waals surface area contributed by atoms with Crippen LogP contribution in [0, 0.1) is 5.92 Å². The molecule has 1 saturated heterocycles. The van der Waals surface area contributed by atoms with Crippen LogP contribution in [0.5, 0.6) is 0 Å². The van der Waals surface area contributed by atoms with Crippen molar-refractivity contribution in [1.82, 2.24) is 20.9 Å². The summed E-state index contributed by atoms with van der Waals surface area (Å²) in [5, 5.41) is 10.3. The molecule has 3 N–H and O–H groups in total. The summed E-state index contributed by atoms with van der Waals surface area (Å²) < 4.78 is 0. The molecule has 0 bridgehead atoms. The third-order valence-corrected chi connectivity index (χ3v) is 4.86. The Labute approximate surface area is 160 Å². The minimum absolute atomic E-state index is 0.121. The van der Waals surface area contributed by atoms with Gasteiger partial charge < -0.3 is 20.9 Å². The van der Waals surface area contributed by atoms with Crippen molar-refractivity contribution < 1.29 is 4.79 Å². The van der Waals surface area contributed by atoms with E-state index in [0.29, 0.717) is 11.9 Å². The van der Waals surface area contributed by atoms with Gasteiger partial charge in [-0.25, -0.2) is 0 Å². The first-order chi connectivity index (χ1) is 12.3. The molecule has 0 spiro atoms. The highest BCUT2D eigenvalue weighted by atomic mass is 16.2. The quantitative estimate of drug-likeness (QED) is 0.350. The fourth-order valence-electron chi connectivity index (χ4n) is 3.25. The molecule has 152 valence electrons. The summed E-state index contributed by atoms with van der Waals surface area (Å²) in [5.41, 5.74) is 0.121. The van der Waals surface area contributed by atoms with Gasteiger partial charge in [-0.3, -0.25) is 9.79 Å². The van der Waals surface area contributed by atoms with Gasteiger partial charge in [-0.1, -0.05) is 13.8 Å². The van der Waals surface area contributed by atoms with Crippen molar-refractivity contribution in [2.24, 2.45) is 10.9 Å². The summed E-state index contributed by atoms with van der Waals surface area (Å²) in [6.45, 7) is 16.9. The zero-order valence-corrected chi connectivity index (χ0v) is 17.8. The lowest BCUT2D eigenvalue weighted by atomic mass is 9.98. The number of aliphatic imine (C=N–C) groups is 1. The Bertz CT molecular complexity index is 432. The molecule has 1 aliphatic rings. The summed E-state index contributed by atoms with van der Waals surface area (Å²) in [4.78, 5) is 19.2. The van der Waals surface area contributed by atoms with E-state index in [-0.39, 0.29) is 11.5 Å². The standard InChI is InChI=1S/C20H41N5O/c1-7-16(8-2)18(26)25-14-10-17(11-15-25)24-19(21-9-3)22-12-13-23-20(4,5)6/h16-17,23H,7-15H2,1-6H3,(H2,21,22,24). The molecule has 6 heteroatoms. The Morgan fingerprint density at radius 2 is 1.77 bits per heavy atom. The van der Waals surface area contributed by atoms with Gasteiger partial charge >= 0.3 is 0 Å². The number of nitrogens with one attached hydrogen (secondary N) is 3. The number of guanidine groups is 1. The zero-order chi connectivity index (χ0) is 19.6. The number of nitrogens with zero attached hydrogens (tertiary/aromatic N) is 2. The highest BCUT2D eigenvalue weighted by Gasteiger charge is 2.26. The molecule has 0 aromatic heterocycles. The van der Waals surface area contributed by atoms with Crippen molar-refractivity contribution in [3.63, 3.8) is 0 Å². The van der Waals surface area contributed by atoms with E-state index >= 15 is 0 Å². The van der Waals surface area contributed by atoms with Crippen LogP contribution in [-0.2, 0) is 4.79 Å². The Balaban J connectivity index is 2.45. The summed E-state index contributed by atoms with van der Waals surface area (Å²) >= 11 is 0. The molecule has 0 saturated carbocycles. The highest BCUT2D eigenvalue weighted by molar-refractivity contribution is 5.80. The number of likely N-dealkylation sites (tertiary alicyclic amines) is 1. The van der Waals surface area contributed by atoms with E-state index in [1.54, 1.807) is 0 Å². The molecule has 0 radical (unpaired) electrons. The first kappa shape index (κ1) is 22.7. The SMILES string of the molecule is CCNC(=NCCNC(C)(C)C)NC1CCN(C(=O)C(CC)CC)CC1. The maximum Gasteiger partial charge on any atom is 0.225 e. The van der Waals surface area contributed by atoms with Crippen LogP contribution in [0.1, 0.15) is 67.2 Å². The molecule has 1 heterocycles. The van der Waals surface area contributed by atoms with E-state index in [9.17, 15) is 4.79 Å². The predicted molar refractivity (Wildman–Crippen MR) is 111 cm³/mol. The van der Waals surface area contributed by atoms with Crippen molar-refractivity contribution in [3.8, 4) is 0 Å². The lowest BCUT2D eigenvalue weighted by molar-refractivity contribution is -0.136. The number of amides is 1. The molecule has 0 unspecified atom stereocenters. The molecule has 26 heavy (non-hydrogen) atoms. The second-order valence-corrected chi connectivity index (χ2v) is 8.19. The highest BCUT2D eigenvalue weighted by Crippen LogP contribution is 2.17. The van der Waals surface area contributed by atoms with Gasteiger partial charge in [0.05, 0.1) is 6.54 Å². The minimum Gasteiger partial charge on any atom is -0.357 e. The van der Waals surface area contributed by atoms with E-state index in [0.717, 1.165) is 64.4 Å². The number of rotatable bonds is 8. The third-order valence-electron chi connectivity index (χ3n) is 4.86. The number of piperidine rings is 1. The Morgan fingerprint density at radius 3 is 2.27 bits per heavy atom. The normalized spacial score (nSPS) is 16.9. The topological polar surface area (TPSA) is 68.8 Å². The van der Waals surface area contributed by atoms with Crippen molar-refractivity contribution in [1.29, 1.82) is 0 Å². The van der Waals surface area contributed by atoms with Gasteiger partial charge in [-0.05, 0) is 53.4 Å². The third kappa shape index (κ3) is 8.39. The van der Waals surface area contributed by atoms with Gasteiger partial charge in [0.15, 0.2) is 5.96 Å². The van der Waals surface area contributed by atoms with Crippen LogP contribution in [0.3, 0.4) is 0 Å². The van der Waals surface area contributed by atoms with Crippen molar-refractivity contribution >= 4 is 11.9 Å². The summed E-state index contributed by atoms with van der Waals surface area (Å²) in [6, 6.07) is 0.383. The van der Waals surface area contributed by atoms with Gasteiger partial charge in [0.25, 0.3) is 0 Å². The maximum absolute atomic E-state index is 12.5. The van der Waals surface area contributed by atoms with Crippen molar-refractivity contribution in [2.45, 2.75) is 78.8 Å². The van der Waals surface area contributed by atoms with Crippen molar-refractivity contribution in [2.75, 3.05) is 32.7 Å². The number of carbonyl (C=O) groups excluding carboxylic acids is 1. The number of carbonyl (C=O) groups is 1. The molecule has 1 amide bonds. The molecule has 1 aliphatic heterocycles. The first-order valence-electron chi connectivity index (χ1n) is 10.4. The molecular formula is C20H41N5O. The fourth-order valence-corrected chi connectivity index (χ4v) is 3.25. The van der Waals surface area contributed by atoms with Gasteiger partial charge in [-0.15, -0.1) is 0 Å². The van der Waals surface area contributed by atoms with Gasteiger partial charge in [-0.2, -0.15) is 0 Å². The maximum atomic E-state index is 12.5. The van der Waals surface area contributed by atoms with Crippen LogP contribution in [0.15, 0.2) is 4.99 Å². The predicted octanol–water partition coefficient (Wildman–Crippen LogP) is 2.36. The van der Waals surface area contributed by atoms with Crippen LogP contribution in [-0.4, -0.2) is 61.1 Å². The summed E-state index contributed by atoms with van der Waals surface area (Å²) in [6.07, 6.45) is 3.84. The Morgan fingerprint density at radius 1 is 1.15 bits per heavy atom. The average molecular weight is 368 g/mol. The lowest BCUT2D eigenvalue weighted by Gasteiger charge is -2.35. The van der Waals surface area contributed by atoms with E-state index in [2.05, 4.69) is 62.5 Å². The fraction of sp³-hybridized carbons (Fsp3) is 0.900. The minimum atomic E-state index is 0.121. The van der Waals surface area contributed by atoms with Crippen LogP contribution >= 0.6 is 0 Å². The van der Waals surface area contributed by atoms with Crippen LogP contribution < -0.4 is 16.0 Å². The second kappa shape index (κ2) is 11.4. The summed E-state index contributed by atoms with van der Waals surface area (Å²) in [5.74, 6) is 1.41. The summed E-state index contributed by atoms with van der Waals surface area (Å²) in [7, 11) is 0. The van der Waals surface area contributed by atoms with Gasteiger partial charge in [0.1, 0.15) is 0 Å². The molecule has 6 nitrogen and oxygen atoms in total. The van der Waals surface area contributed by atoms with Crippen LogP contribution in [0.2, 0.25) is 0 Å². The second-order valence-electron chi connectivity index (χ2n) is 8.19. The van der Waals surface area contributed by atoms with Crippen LogP contribution in [0.25, 0.3) is 0 Å². The zero-order valence-electron chi connectivity index (χ0n) is 17.8.